The minimum Gasteiger partial charge on any atom is -0.353 e. The minimum absolute atomic E-state index is 0.210. The largest absolute Gasteiger partial charge is 0.353 e. The zero-order valence-electron chi connectivity index (χ0n) is 11.6. The number of hydrogen-bond donors (Lipinski definition) is 2. The van der Waals surface area contributed by atoms with Crippen molar-refractivity contribution >= 4 is 33.4 Å². The van der Waals surface area contributed by atoms with Crippen LogP contribution in [0.3, 0.4) is 0 Å². The number of rotatable bonds is 4. The number of benzene rings is 1. The van der Waals surface area contributed by atoms with Crippen molar-refractivity contribution in [3.63, 3.8) is 0 Å². The third-order valence-electron chi connectivity index (χ3n) is 3.05. The van der Waals surface area contributed by atoms with Gasteiger partial charge in [-0.15, -0.1) is 0 Å². The lowest BCUT2D eigenvalue weighted by molar-refractivity contribution is -0.130. The van der Waals surface area contributed by atoms with E-state index in [1.54, 1.807) is 4.90 Å². The van der Waals surface area contributed by atoms with Gasteiger partial charge in [-0.2, -0.15) is 0 Å². The lowest BCUT2D eigenvalue weighted by Gasteiger charge is -2.27. The maximum atomic E-state index is 11.4. The summed E-state index contributed by atoms with van der Waals surface area (Å²) in [5.74, 6) is -0.522. The molecule has 1 aromatic carbocycles. The molecule has 2 N–H and O–H groups in total. The van der Waals surface area contributed by atoms with Gasteiger partial charge in [-0.1, -0.05) is 35.8 Å². The number of piperazine rings is 1. The Bertz CT molecular complexity index is 515. The molecule has 1 aromatic rings. The number of imide groups is 1. The molecule has 0 atom stereocenters. The highest BCUT2D eigenvalue weighted by molar-refractivity contribution is 9.10. The summed E-state index contributed by atoms with van der Waals surface area (Å²) in [6.45, 7) is 5.39. The van der Waals surface area contributed by atoms with Crippen LogP contribution in [-0.2, 0) is 16.1 Å². The van der Waals surface area contributed by atoms with Crippen LogP contribution in [0, 0.1) is 0 Å². The summed E-state index contributed by atoms with van der Waals surface area (Å²) in [5.41, 5.74) is 2.02. The first kappa shape index (κ1) is 15.0. The highest BCUT2D eigenvalue weighted by Crippen LogP contribution is 2.24. The Labute approximate surface area is 126 Å². The molecule has 1 saturated heterocycles. The maximum absolute atomic E-state index is 11.4. The number of amides is 2. The van der Waals surface area contributed by atoms with Crippen molar-refractivity contribution < 1.29 is 9.59 Å². The van der Waals surface area contributed by atoms with Gasteiger partial charge in [0.2, 0.25) is 11.8 Å². The smallest absolute Gasteiger partial charge is 0.246 e. The van der Waals surface area contributed by atoms with E-state index in [-0.39, 0.29) is 24.9 Å². The van der Waals surface area contributed by atoms with Crippen LogP contribution in [0.25, 0.3) is 0 Å². The molecule has 0 spiro atoms. The van der Waals surface area contributed by atoms with Crippen molar-refractivity contribution in [2.45, 2.75) is 26.4 Å². The highest BCUT2D eigenvalue weighted by atomic mass is 79.9. The first-order valence-corrected chi connectivity index (χ1v) is 7.34. The van der Waals surface area contributed by atoms with Crippen molar-refractivity contribution in [2.75, 3.05) is 18.0 Å². The molecule has 6 heteroatoms. The topological polar surface area (TPSA) is 61.4 Å². The first-order chi connectivity index (χ1) is 9.45. The minimum atomic E-state index is -0.261. The van der Waals surface area contributed by atoms with Crippen LogP contribution < -0.4 is 15.5 Å². The van der Waals surface area contributed by atoms with Gasteiger partial charge >= 0.3 is 0 Å². The van der Waals surface area contributed by atoms with Crippen molar-refractivity contribution in [3.05, 3.63) is 28.2 Å². The van der Waals surface area contributed by atoms with Gasteiger partial charge in [0.15, 0.2) is 0 Å². The zero-order valence-corrected chi connectivity index (χ0v) is 13.2. The van der Waals surface area contributed by atoms with Crippen molar-refractivity contribution in [1.82, 2.24) is 10.6 Å². The molecule has 20 heavy (non-hydrogen) atoms. The molecule has 0 aromatic heterocycles. The third kappa shape index (κ3) is 3.80. The normalized spacial score (nSPS) is 15.7. The number of nitrogens with one attached hydrogen (secondary N) is 2. The van der Waals surface area contributed by atoms with Gasteiger partial charge in [0.05, 0.1) is 13.1 Å². The van der Waals surface area contributed by atoms with Crippen LogP contribution in [0.5, 0.6) is 0 Å². The standard InChI is InChI=1S/C14H18BrN3O2/c1-9(2)16-6-10-3-4-11(5-12(10)15)18-7-13(19)17-14(20)8-18/h3-5,9,16H,6-8H2,1-2H3,(H,17,19,20). The molecule has 0 bridgehead atoms. The van der Waals surface area contributed by atoms with E-state index in [1.165, 1.54) is 0 Å². The Morgan fingerprint density at radius 2 is 1.95 bits per heavy atom. The SMILES string of the molecule is CC(C)NCc1ccc(N2CC(=O)NC(=O)C2)cc1Br. The molecule has 1 aliphatic heterocycles. The molecule has 108 valence electrons. The highest BCUT2D eigenvalue weighted by Gasteiger charge is 2.22. The molecule has 1 aliphatic rings. The van der Waals surface area contributed by atoms with E-state index >= 15 is 0 Å². The van der Waals surface area contributed by atoms with E-state index in [2.05, 4.69) is 40.4 Å². The van der Waals surface area contributed by atoms with Crippen molar-refractivity contribution in [2.24, 2.45) is 0 Å². The van der Waals surface area contributed by atoms with Crippen LogP contribution in [0.1, 0.15) is 19.4 Å². The molecule has 2 rings (SSSR count). The fraction of sp³-hybridized carbons (Fsp3) is 0.429. The van der Waals surface area contributed by atoms with E-state index in [0.717, 1.165) is 22.3 Å². The van der Waals surface area contributed by atoms with Crippen LogP contribution in [0.2, 0.25) is 0 Å². The van der Waals surface area contributed by atoms with Gasteiger partial charge in [0.1, 0.15) is 0 Å². The summed E-state index contributed by atoms with van der Waals surface area (Å²) in [6.07, 6.45) is 0. The van der Waals surface area contributed by atoms with E-state index in [1.807, 2.05) is 18.2 Å². The van der Waals surface area contributed by atoms with E-state index in [0.29, 0.717) is 6.04 Å². The lowest BCUT2D eigenvalue weighted by Crippen LogP contribution is -2.51. The van der Waals surface area contributed by atoms with Crippen LogP contribution in [-0.4, -0.2) is 30.9 Å². The Morgan fingerprint density at radius 3 is 2.50 bits per heavy atom. The predicted molar refractivity (Wildman–Crippen MR) is 81.5 cm³/mol. The van der Waals surface area contributed by atoms with Gasteiger partial charge in [0, 0.05) is 22.7 Å². The average Bonchev–Trinajstić information content (AvgIpc) is 2.35. The summed E-state index contributed by atoms with van der Waals surface area (Å²) in [5, 5.41) is 5.65. The summed E-state index contributed by atoms with van der Waals surface area (Å²) in [6, 6.07) is 6.31. The number of carbonyl (C=O) groups is 2. The second-order valence-electron chi connectivity index (χ2n) is 5.14. The monoisotopic (exact) mass is 339 g/mol. The van der Waals surface area contributed by atoms with Crippen LogP contribution in [0.4, 0.5) is 5.69 Å². The second kappa shape index (κ2) is 6.37. The molecule has 2 amide bonds. The fourth-order valence-electron chi connectivity index (χ4n) is 2.01. The first-order valence-electron chi connectivity index (χ1n) is 6.55. The molecule has 0 aliphatic carbocycles. The number of anilines is 1. The fourth-order valence-corrected chi connectivity index (χ4v) is 2.52. The van der Waals surface area contributed by atoms with Gasteiger partial charge < -0.3 is 10.2 Å². The van der Waals surface area contributed by atoms with Crippen LogP contribution in [0.15, 0.2) is 22.7 Å². The molecule has 0 unspecified atom stereocenters. The van der Waals surface area contributed by atoms with Crippen LogP contribution >= 0.6 is 15.9 Å². The van der Waals surface area contributed by atoms with Gasteiger partial charge in [-0.05, 0) is 17.7 Å². The van der Waals surface area contributed by atoms with Gasteiger partial charge in [-0.25, -0.2) is 0 Å². The molecule has 1 heterocycles. The van der Waals surface area contributed by atoms with E-state index in [4.69, 9.17) is 0 Å². The Balaban J connectivity index is 2.12. The van der Waals surface area contributed by atoms with E-state index in [9.17, 15) is 9.59 Å². The Morgan fingerprint density at radius 1 is 1.30 bits per heavy atom. The quantitative estimate of drug-likeness (QED) is 0.814. The number of halogens is 1. The number of hydrogen-bond acceptors (Lipinski definition) is 4. The summed E-state index contributed by atoms with van der Waals surface area (Å²) >= 11 is 3.54. The summed E-state index contributed by atoms with van der Waals surface area (Å²) < 4.78 is 0.974. The Hall–Kier alpha value is -1.40. The predicted octanol–water partition coefficient (Wildman–Crippen LogP) is 1.41. The lowest BCUT2D eigenvalue weighted by atomic mass is 10.1. The molecule has 0 radical (unpaired) electrons. The van der Waals surface area contributed by atoms with Crippen molar-refractivity contribution in [1.29, 1.82) is 0 Å². The molecule has 1 fully saturated rings. The van der Waals surface area contributed by atoms with E-state index < -0.39 is 0 Å². The molecule has 0 saturated carbocycles. The second-order valence-corrected chi connectivity index (χ2v) is 5.99. The molecule has 5 nitrogen and oxygen atoms in total. The number of carbonyl (C=O) groups excluding carboxylic acids is 2. The molecular formula is C14H18BrN3O2. The summed E-state index contributed by atoms with van der Waals surface area (Å²) in [7, 11) is 0. The van der Waals surface area contributed by atoms with Gasteiger partial charge in [-0.3, -0.25) is 14.9 Å². The average molecular weight is 340 g/mol. The Kier molecular flexibility index (Phi) is 4.77. The number of nitrogens with zero attached hydrogens (tertiary/aromatic N) is 1. The summed E-state index contributed by atoms with van der Waals surface area (Å²) in [4.78, 5) is 24.6. The third-order valence-corrected chi connectivity index (χ3v) is 3.79. The maximum Gasteiger partial charge on any atom is 0.246 e. The molecular weight excluding hydrogens is 322 g/mol. The van der Waals surface area contributed by atoms with Crippen molar-refractivity contribution in [3.8, 4) is 0 Å². The van der Waals surface area contributed by atoms with Gasteiger partial charge in [0.25, 0.3) is 0 Å². The zero-order chi connectivity index (χ0) is 14.7.